The van der Waals surface area contributed by atoms with Crippen LogP contribution in [0.5, 0.6) is 0 Å². The topological polar surface area (TPSA) is 32.0 Å². The molecule has 24 heavy (non-hydrogen) atoms. The van der Waals surface area contributed by atoms with Crippen LogP contribution in [-0.4, -0.2) is 32.5 Å². The summed E-state index contributed by atoms with van der Waals surface area (Å²) in [6, 6.07) is 12.8. The van der Waals surface area contributed by atoms with Crippen molar-refractivity contribution in [3.63, 3.8) is 0 Å². The van der Waals surface area contributed by atoms with Gasteiger partial charge in [-0.2, -0.15) is 0 Å². The second-order valence-corrected chi connectivity index (χ2v) is 7.71. The van der Waals surface area contributed by atoms with Gasteiger partial charge >= 0.3 is 0 Å². The van der Waals surface area contributed by atoms with E-state index in [1.165, 1.54) is 12.8 Å². The molecule has 124 valence electrons. The Hall–Kier alpha value is -2.23. The van der Waals surface area contributed by atoms with Crippen LogP contribution in [0.25, 0.3) is 0 Å². The van der Waals surface area contributed by atoms with E-state index in [0.717, 1.165) is 18.1 Å². The fourth-order valence-corrected chi connectivity index (χ4v) is 4.43. The van der Waals surface area contributed by atoms with Crippen LogP contribution in [0.15, 0.2) is 48.8 Å². The van der Waals surface area contributed by atoms with Crippen molar-refractivity contribution in [2.24, 2.45) is 5.41 Å². The third-order valence-corrected chi connectivity index (χ3v) is 6.33. The highest BCUT2D eigenvalue weighted by molar-refractivity contribution is 5.76. The molecule has 4 nitrogen and oxygen atoms in total. The van der Waals surface area contributed by atoms with E-state index in [4.69, 9.17) is 0 Å². The first-order valence-electron chi connectivity index (χ1n) is 8.73. The molecule has 3 heterocycles. The average Bonchev–Trinajstić information content (AvgIpc) is 2.74. The van der Waals surface area contributed by atoms with E-state index in [1.807, 2.05) is 24.5 Å². The fraction of sp³-hybridized carbons (Fsp3) is 0.450. The molecule has 2 atom stereocenters. The van der Waals surface area contributed by atoms with Crippen LogP contribution in [-0.2, 0) is 6.54 Å². The van der Waals surface area contributed by atoms with E-state index in [-0.39, 0.29) is 11.0 Å². The number of nitrogens with zero attached hydrogens (tertiary/aromatic N) is 4. The number of hydrogen-bond donors (Lipinski definition) is 0. The molecule has 0 amide bonds. The first kappa shape index (κ1) is 15.3. The first-order chi connectivity index (χ1) is 11.5. The molecule has 0 radical (unpaired) electrons. The number of hydrogen-bond acceptors (Lipinski definition) is 3. The normalized spacial score (nSPS) is 27.9. The van der Waals surface area contributed by atoms with Crippen molar-refractivity contribution in [2.45, 2.75) is 51.7 Å². The van der Waals surface area contributed by atoms with Crippen LogP contribution in [0, 0.1) is 5.41 Å². The Labute approximate surface area is 143 Å². The summed E-state index contributed by atoms with van der Waals surface area (Å²) in [7, 11) is 0. The predicted molar refractivity (Wildman–Crippen MR) is 96.2 cm³/mol. The van der Waals surface area contributed by atoms with Gasteiger partial charge in [-0.25, -0.2) is 9.88 Å². The third-order valence-electron chi connectivity index (χ3n) is 6.33. The lowest BCUT2D eigenvalue weighted by molar-refractivity contribution is -0.634. The van der Waals surface area contributed by atoms with Gasteiger partial charge < -0.3 is 0 Å². The lowest BCUT2D eigenvalue weighted by Crippen LogP contribution is -2.61. The van der Waals surface area contributed by atoms with E-state index in [0.29, 0.717) is 6.04 Å². The Morgan fingerprint density at radius 2 is 1.83 bits per heavy atom. The maximum Gasteiger partial charge on any atom is 0.241 e. The Bertz CT molecular complexity index is 754. The Morgan fingerprint density at radius 3 is 2.50 bits per heavy atom. The molecule has 2 aromatic rings. The molecular weight excluding hydrogens is 296 g/mol. The number of fused-ring (bicyclic) bond motifs is 2. The summed E-state index contributed by atoms with van der Waals surface area (Å²) in [5.41, 5.74) is 1.42. The van der Waals surface area contributed by atoms with Gasteiger partial charge in [-0.3, -0.25) is 9.56 Å². The molecule has 2 aromatic heterocycles. The zero-order valence-corrected chi connectivity index (χ0v) is 14.7. The summed E-state index contributed by atoms with van der Waals surface area (Å²) in [6.45, 7) is 8.04. The highest BCUT2D eigenvalue weighted by atomic mass is 15.3. The second kappa shape index (κ2) is 5.40. The van der Waals surface area contributed by atoms with Crippen molar-refractivity contribution in [1.29, 1.82) is 0 Å². The Balaban J connectivity index is 1.79. The summed E-state index contributed by atoms with van der Waals surface area (Å²) in [4.78, 5) is 11.5. The summed E-state index contributed by atoms with van der Waals surface area (Å²) in [6.07, 6.45) is 8.41. The third kappa shape index (κ3) is 2.16. The van der Waals surface area contributed by atoms with E-state index in [2.05, 4.69) is 70.8 Å². The lowest BCUT2D eigenvalue weighted by atomic mass is 9.72. The van der Waals surface area contributed by atoms with Crippen LogP contribution in [0.4, 0.5) is 5.82 Å². The van der Waals surface area contributed by atoms with Crippen LogP contribution < -0.4 is 4.90 Å². The van der Waals surface area contributed by atoms with E-state index >= 15 is 0 Å². The van der Waals surface area contributed by atoms with Crippen molar-refractivity contribution in [3.05, 3.63) is 54.5 Å². The smallest absolute Gasteiger partial charge is 0.241 e. The molecule has 1 aliphatic carbocycles. The molecule has 0 N–H and O–H groups in total. The van der Waals surface area contributed by atoms with Gasteiger partial charge in [-0.15, -0.1) is 0 Å². The van der Waals surface area contributed by atoms with Gasteiger partial charge in [0.25, 0.3) is 0 Å². The SMILES string of the molecule is CC1(C)[C@@H]2CC[C@@]1(C)[N+](Cc1ccccn1)=CN2c1ccccn1. The van der Waals surface area contributed by atoms with Gasteiger partial charge in [0.05, 0.1) is 5.69 Å². The summed E-state index contributed by atoms with van der Waals surface area (Å²) in [5, 5.41) is 0. The minimum absolute atomic E-state index is 0.139. The molecule has 0 aromatic carbocycles. The molecule has 2 bridgehead atoms. The van der Waals surface area contributed by atoms with E-state index in [1.54, 1.807) is 0 Å². The maximum absolute atomic E-state index is 4.60. The molecule has 0 unspecified atom stereocenters. The van der Waals surface area contributed by atoms with Crippen molar-refractivity contribution in [2.75, 3.05) is 4.90 Å². The summed E-state index contributed by atoms with van der Waals surface area (Å²) < 4.78 is 2.48. The van der Waals surface area contributed by atoms with Crippen molar-refractivity contribution in [3.8, 4) is 0 Å². The van der Waals surface area contributed by atoms with Gasteiger partial charge in [0.2, 0.25) is 12.2 Å². The van der Waals surface area contributed by atoms with E-state index < -0.39 is 0 Å². The minimum atomic E-state index is 0.139. The highest BCUT2D eigenvalue weighted by Gasteiger charge is 2.63. The van der Waals surface area contributed by atoms with Gasteiger partial charge in [0, 0.05) is 23.9 Å². The molecule has 0 spiro atoms. The first-order valence-corrected chi connectivity index (χ1v) is 8.73. The highest BCUT2D eigenvalue weighted by Crippen LogP contribution is 2.52. The molecule has 2 aliphatic rings. The molecule has 0 saturated heterocycles. The molecular formula is C20H25N4+. The standard InChI is InChI=1S/C20H25N4/c1-19(2)17-10-11-20(19,3)23(14-16-8-4-6-12-21-16)15-24(17)18-9-5-7-13-22-18/h4-9,12-13,15,17H,10-11,14H2,1-3H3/q+1/t17-,20+/m0/s1. The van der Waals surface area contributed by atoms with Crippen LogP contribution in [0.1, 0.15) is 39.3 Å². The average molecular weight is 321 g/mol. The molecule has 1 fully saturated rings. The summed E-state index contributed by atoms with van der Waals surface area (Å²) in [5.74, 6) is 1.03. The fourth-order valence-electron chi connectivity index (χ4n) is 4.43. The monoisotopic (exact) mass is 321 g/mol. The Kier molecular flexibility index (Phi) is 3.44. The van der Waals surface area contributed by atoms with Crippen LogP contribution in [0.3, 0.4) is 0 Å². The van der Waals surface area contributed by atoms with Crippen LogP contribution >= 0.6 is 0 Å². The van der Waals surface area contributed by atoms with Crippen molar-refractivity contribution < 1.29 is 4.58 Å². The van der Waals surface area contributed by atoms with Gasteiger partial charge in [-0.1, -0.05) is 26.0 Å². The molecule has 1 saturated carbocycles. The quantitative estimate of drug-likeness (QED) is 0.811. The lowest BCUT2D eigenvalue weighted by Gasteiger charge is -2.45. The van der Waals surface area contributed by atoms with Gasteiger partial charge in [0.1, 0.15) is 18.1 Å². The minimum Gasteiger partial charge on any atom is -0.257 e. The zero-order chi connectivity index (χ0) is 16.8. The largest absolute Gasteiger partial charge is 0.257 e. The van der Waals surface area contributed by atoms with Gasteiger partial charge in [0.15, 0.2) is 0 Å². The molecule has 4 rings (SSSR count). The zero-order valence-electron chi connectivity index (χ0n) is 14.7. The second-order valence-electron chi connectivity index (χ2n) is 7.71. The maximum atomic E-state index is 4.60. The van der Waals surface area contributed by atoms with Crippen molar-refractivity contribution >= 4 is 12.2 Å². The number of rotatable bonds is 3. The van der Waals surface area contributed by atoms with E-state index in [9.17, 15) is 0 Å². The summed E-state index contributed by atoms with van der Waals surface area (Å²) >= 11 is 0. The Morgan fingerprint density at radius 1 is 1.08 bits per heavy atom. The predicted octanol–water partition coefficient (Wildman–Crippen LogP) is 3.48. The number of aromatic nitrogens is 2. The van der Waals surface area contributed by atoms with Crippen LogP contribution in [0.2, 0.25) is 0 Å². The number of pyridine rings is 2. The number of anilines is 1. The van der Waals surface area contributed by atoms with Gasteiger partial charge in [-0.05, 0) is 38.0 Å². The molecule has 1 aliphatic heterocycles. The van der Waals surface area contributed by atoms with Crippen molar-refractivity contribution in [1.82, 2.24) is 9.97 Å². The molecule has 4 heteroatoms.